The maximum Gasteiger partial charge on any atom is 0.408 e. The fourth-order valence-electron chi connectivity index (χ4n) is 5.02. The van der Waals surface area contributed by atoms with Crippen LogP contribution in [0, 0.1) is 0 Å². The van der Waals surface area contributed by atoms with Gasteiger partial charge in [0, 0.05) is 20.0 Å². The number of benzene rings is 1. The first-order chi connectivity index (χ1) is 20.0. The molecule has 0 aliphatic carbocycles. The monoisotopic (exact) mass is 590 g/mol. The van der Waals surface area contributed by atoms with E-state index in [0.29, 0.717) is 25.7 Å². The molecule has 2 heterocycles. The van der Waals surface area contributed by atoms with E-state index in [1.807, 2.05) is 6.07 Å². The van der Waals surface area contributed by atoms with Crippen molar-refractivity contribution in [3.05, 3.63) is 35.9 Å². The van der Waals surface area contributed by atoms with Crippen LogP contribution >= 0.6 is 0 Å². The second-order valence-electron chi connectivity index (χ2n) is 10.2. The standard InChI is InChI=1S/C28H38N4O10/c1-17(33)23(27(38)40-3)30-24(35)21-11-7-13-31(21)26(37)22-12-8-14-32(22)25(36)20(16-41-18(2)34)29-28(39)42-15-19-9-5-4-6-10-19/h4-6,9-10,17,20-23,33H,7-8,11-16H2,1-3H3,(H,29,39)(H,30,35)/t17-,20-,21+,22+,23+/m1/s1. The van der Waals surface area contributed by atoms with Gasteiger partial charge in [-0.15, -0.1) is 0 Å². The number of aliphatic hydroxyl groups excluding tert-OH is 1. The van der Waals surface area contributed by atoms with Gasteiger partial charge >= 0.3 is 18.0 Å². The summed E-state index contributed by atoms with van der Waals surface area (Å²) in [7, 11) is 1.13. The molecule has 1 aromatic rings. The number of aliphatic hydroxyl groups is 1. The molecule has 0 saturated carbocycles. The van der Waals surface area contributed by atoms with Crippen molar-refractivity contribution < 1.29 is 48.1 Å². The number of hydrogen-bond acceptors (Lipinski definition) is 10. The van der Waals surface area contributed by atoms with Gasteiger partial charge in [0.05, 0.1) is 13.2 Å². The Bertz CT molecular complexity index is 1140. The van der Waals surface area contributed by atoms with Gasteiger partial charge in [-0.1, -0.05) is 30.3 Å². The molecule has 1 aromatic carbocycles. The van der Waals surface area contributed by atoms with Crippen LogP contribution in [0.25, 0.3) is 0 Å². The molecule has 42 heavy (non-hydrogen) atoms. The summed E-state index contributed by atoms with van der Waals surface area (Å²) in [6, 6.07) is 4.47. The van der Waals surface area contributed by atoms with Crippen LogP contribution in [0.1, 0.15) is 45.1 Å². The highest BCUT2D eigenvalue weighted by Gasteiger charge is 2.44. The number of rotatable bonds is 11. The minimum absolute atomic E-state index is 0.0454. The van der Waals surface area contributed by atoms with Crippen molar-refractivity contribution in [3.8, 4) is 0 Å². The van der Waals surface area contributed by atoms with E-state index in [1.165, 1.54) is 16.7 Å². The molecule has 230 valence electrons. The highest BCUT2D eigenvalue weighted by molar-refractivity contribution is 5.95. The quantitative estimate of drug-likeness (QED) is 0.232. The maximum atomic E-state index is 13.7. The van der Waals surface area contributed by atoms with Gasteiger partial charge in [-0.05, 0) is 38.2 Å². The molecule has 0 radical (unpaired) electrons. The van der Waals surface area contributed by atoms with Crippen molar-refractivity contribution in [2.24, 2.45) is 0 Å². The Labute approximate surface area is 243 Å². The number of esters is 2. The molecule has 0 spiro atoms. The second-order valence-corrected chi connectivity index (χ2v) is 10.2. The molecule has 2 fully saturated rings. The Balaban J connectivity index is 1.69. The summed E-state index contributed by atoms with van der Waals surface area (Å²) in [5.74, 6) is -3.19. The molecule has 0 aromatic heterocycles. The molecule has 4 amide bonds. The summed E-state index contributed by atoms with van der Waals surface area (Å²) in [6.07, 6.45) is -0.455. The molecule has 3 rings (SSSR count). The van der Waals surface area contributed by atoms with Gasteiger partial charge < -0.3 is 39.8 Å². The van der Waals surface area contributed by atoms with Crippen LogP contribution in [0.3, 0.4) is 0 Å². The lowest BCUT2D eigenvalue weighted by atomic mass is 10.1. The summed E-state index contributed by atoms with van der Waals surface area (Å²) in [5.41, 5.74) is 0.733. The van der Waals surface area contributed by atoms with Crippen molar-refractivity contribution in [1.82, 2.24) is 20.4 Å². The molecule has 2 aliphatic heterocycles. The number of hydrogen-bond donors (Lipinski definition) is 3. The predicted octanol–water partition coefficient (Wildman–Crippen LogP) is -0.135. The van der Waals surface area contributed by atoms with E-state index < -0.39 is 72.6 Å². The molecule has 14 heteroatoms. The highest BCUT2D eigenvalue weighted by Crippen LogP contribution is 2.26. The van der Waals surface area contributed by atoms with E-state index in [0.717, 1.165) is 19.6 Å². The summed E-state index contributed by atoms with van der Waals surface area (Å²) in [6.45, 7) is 2.46. The van der Waals surface area contributed by atoms with Gasteiger partial charge in [-0.3, -0.25) is 19.2 Å². The molecule has 3 N–H and O–H groups in total. The minimum atomic E-state index is -1.31. The number of nitrogens with one attached hydrogen (secondary N) is 2. The molecule has 14 nitrogen and oxygen atoms in total. The number of carbonyl (C=O) groups is 6. The van der Waals surface area contributed by atoms with Crippen LogP contribution in [0.5, 0.6) is 0 Å². The average molecular weight is 591 g/mol. The van der Waals surface area contributed by atoms with Crippen molar-refractivity contribution in [3.63, 3.8) is 0 Å². The normalized spacial score (nSPS) is 20.2. The van der Waals surface area contributed by atoms with Crippen LogP contribution in [0.15, 0.2) is 30.3 Å². The Morgan fingerprint density at radius 2 is 1.60 bits per heavy atom. The van der Waals surface area contributed by atoms with Crippen molar-refractivity contribution in [2.75, 3.05) is 26.8 Å². The molecule has 0 bridgehead atoms. The summed E-state index contributed by atoms with van der Waals surface area (Å²) >= 11 is 0. The SMILES string of the molecule is COC(=O)[C@@H](NC(=O)[C@@H]1CCCN1C(=O)[C@@H]1CCCN1C(=O)[C@@H](COC(C)=O)NC(=O)OCc1ccccc1)[C@@H](C)O. The minimum Gasteiger partial charge on any atom is -0.467 e. The van der Waals surface area contributed by atoms with Crippen LogP contribution in [0.4, 0.5) is 4.79 Å². The number of nitrogens with zero attached hydrogens (tertiary/aromatic N) is 2. The summed E-state index contributed by atoms with van der Waals surface area (Å²) in [4.78, 5) is 79.0. The third-order valence-corrected chi connectivity index (χ3v) is 7.15. The van der Waals surface area contributed by atoms with Gasteiger partial charge in [0.15, 0.2) is 6.04 Å². The van der Waals surface area contributed by atoms with Gasteiger partial charge in [0.2, 0.25) is 17.7 Å². The molecule has 2 saturated heterocycles. The van der Waals surface area contributed by atoms with E-state index in [-0.39, 0.29) is 19.7 Å². The smallest absolute Gasteiger partial charge is 0.408 e. The van der Waals surface area contributed by atoms with Crippen LogP contribution in [-0.2, 0) is 44.8 Å². The molecule has 2 aliphatic rings. The summed E-state index contributed by atoms with van der Waals surface area (Å²) < 4.78 is 14.9. The fraction of sp³-hybridized carbons (Fsp3) is 0.571. The number of amides is 4. The first kappa shape index (κ1) is 32.3. The number of ether oxygens (including phenoxy) is 3. The van der Waals surface area contributed by atoms with Gasteiger partial charge in [0.25, 0.3) is 0 Å². The lowest BCUT2D eigenvalue weighted by Crippen LogP contribution is -2.58. The van der Waals surface area contributed by atoms with Crippen LogP contribution in [0.2, 0.25) is 0 Å². The fourth-order valence-corrected chi connectivity index (χ4v) is 5.02. The Hall–Kier alpha value is -4.20. The zero-order valence-corrected chi connectivity index (χ0v) is 23.9. The van der Waals surface area contributed by atoms with Gasteiger partial charge in [0.1, 0.15) is 31.3 Å². The lowest BCUT2D eigenvalue weighted by Gasteiger charge is -2.33. The topological polar surface area (TPSA) is 181 Å². The zero-order chi connectivity index (χ0) is 30.8. The van der Waals surface area contributed by atoms with Gasteiger partial charge in [-0.25, -0.2) is 9.59 Å². The van der Waals surface area contributed by atoms with E-state index in [4.69, 9.17) is 9.47 Å². The Morgan fingerprint density at radius 3 is 2.21 bits per heavy atom. The number of carbonyl (C=O) groups excluding carboxylic acids is 6. The van der Waals surface area contributed by atoms with E-state index >= 15 is 0 Å². The van der Waals surface area contributed by atoms with Crippen molar-refractivity contribution >= 4 is 35.8 Å². The lowest BCUT2D eigenvalue weighted by molar-refractivity contribution is -0.151. The third kappa shape index (κ3) is 8.41. The molecular formula is C28H38N4O10. The largest absolute Gasteiger partial charge is 0.467 e. The van der Waals surface area contributed by atoms with E-state index in [2.05, 4.69) is 15.4 Å². The van der Waals surface area contributed by atoms with Crippen LogP contribution < -0.4 is 10.6 Å². The number of alkyl carbamates (subject to hydrolysis) is 1. The molecule has 5 atom stereocenters. The van der Waals surface area contributed by atoms with Crippen molar-refractivity contribution in [2.45, 2.75) is 76.4 Å². The van der Waals surface area contributed by atoms with E-state index in [1.54, 1.807) is 24.3 Å². The molecular weight excluding hydrogens is 552 g/mol. The molecule has 0 unspecified atom stereocenters. The van der Waals surface area contributed by atoms with Crippen LogP contribution in [-0.4, -0.2) is 108 Å². The zero-order valence-electron chi connectivity index (χ0n) is 23.9. The first-order valence-electron chi connectivity index (χ1n) is 13.8. The maximum absolute atomic E-state index is 13.7. The average Bonchev–Trinajstić information content (AvgIpc) is 3.66. The Morgan fingerprint density at radius 1 is 0.952 bits per heavy atom. The summed E-state index contributed by atoms with van der Waals surface area (Å²) in [5, 5.41) is 14.8. The predicted molar refractivity (Wildman–Crippen MR) is 145 cm³/mol. The van der Waals surface area contributed by atoms with Crippen molar-refractivity contribution in [1.29, 1.82) is 0 Å². The second kappa shape index (κ2) is 15.1. The number of methoxy groups -OCH3 is 1. The van der Waals surface area contributed by atoms with E-state index in [9.17, 15) is 33.9 Å². The van der Waals surface area contributed by atoms with Gasteiger partial charge in [-0.2, -0.15) is 0 Å². The third-order valence-electron chi connectivity index (χ3n) is 7.15. The highest BCUT2D eigenvalue weighted by atomic mass is 16.6. The number of likely N-dealkylation sites (tertiary alicyclic amines) is 2. The Kier molecular flexibility index (Phi) is 11.7. The first-order valence-corrected chi connectivity index (χ1v) is 13.8.